The van der Waals surface area contributed by atoms with Crippen molar-refractivity contribution in [3.8, 4) is 11.1 Å². The number of furan rings is 1. The van der Waals surface area contributed by atoms with E-state index in [1.807, 2.05) is 13.0 Å². The first kappa shape index (κ1) is 28.5. The second-order valence-corrected chi connectivity index (χ2v) is 12.0. The van der Waals surface area contributed by atoms with Gasteiger partial charge in [-0.3, -0.25) is 0 Å². The van der Waals surface area contributed by atoms with Gasteiger partial charge < -0.3 is 4.42 Å². The number of allylic oxidation sites excluding steroid dienone is 1. The highest BCUT2D eigenvalue weighted by atomic mass is 16.3. The normalized spacial score (nSPS) is 12.0. The molecule has 1 nitrogen and oxygen atoms in total. The van der Waals surface area contributed by atoms with Crippen molar-refractivity contribution < 1.29 is 4.42 Å². The largest absolute Gasteiger partial charge is 0.456 e. The monoisotopic (exact) mass is 602 g/mol. The van der Waals surface area contributed by atoms with E-state index in [0.717, 1.165) is 33.4 Å². The molecule has 0 amide bonds. The SMILES string of the molecule is C/C=C\c1oc2cccc(-c3cccc(C(c4ccccc4)c4ccccc4)c3)c2c1/C=C/c1ccc2c(ccc3ccccc32)c1. The van der Waals surface area contributed by atoms with E-state index < -0.39 is 0 Å². The first-order chi connectivity index (χ1) is 23.3. The van der Waals surface area contributed by atoms with Gasteiger partial charge in [0.25, 0.3) is 0 Å². The van der Waals surface area contributed by atoms with Crippen molar-refractivity contribution in [1.82, 2.24) is 0 Å². The van der Waals surface area contributed by atoms with Crippen LogP contribution < -0.4 is 0 Å². The van der Waals surface area contributed by atoms with Crippen molar-refractivity contribution in [2.75, 3.05) is 0 Å². The van der Waals surface area contributed by atoms with Gasteiger partial charge in [-0.15, -0.1) is 0 Å². The molecule has 224 valence electrons. The number of hydrogen-bond acceptors (Lipinski definition) is 1. The lowest BCUT2D eigenvalue weighted by Crippen LogP contribution is -2.03. The van der Waals surface area contributed by atoms with Gasteiger partial charge in [0.15, 0.2) is 0 Å². The Bertz CT molecular complexity index is 2370. The molecule has 8 aromatic rings. The molecule has 0 bridgehead atoms. The Balaban J connectivity index is 1.24. The van der Waals surface area contributed by atoms with Crippen LogP contribution in [-0.4, -0.2) is 0 Å². The molecule has 0 aliphatic rings. The fourth-order valence-corrected chi connectivity index (χ4v) is 6.94. The standard InChI is InChI=1S/C46H34O/c1-2-13-43-42(29-25-32-24-28-40-37(30-32)27-26-33-14-9-10-21-39(33)40)46-41(22-12-23-44(46)47-43)36-19-11-20-38(31-36)45(34-15-5-3-6-16-34)35-17-7-4-8-18-35/h2-31,45H,1H3/b13-2-,29-25+. The van der Waals surface area contributed by atoms with E-state index in [1.165, 1.54) is 43.8 Å². The molecule has 0 unspecified atom stereocenters. The topological polar surface area (TPSA) is 13.1 Å². The first-order valence-electron chi connectivity index (χ1n) is 16.2. The minimum Gasteiger partial charge on any atom is -0.456 e. The van der Waals surface area contributed by atoms with Gasteiger partial charge in [0.05, 0.1) is 0 Å². The molecule has 0 N–H and O–H groups in total. The molecule has 1 aromatic heterocycles. The average Bonchev–Trinajstić information content (AvgIpc) is 3.49. The summed E-state index contributed by atoms with van der Waals surface area (Å²) in [6, 6.07) is 56.7. The minimum atomic E-state index is 0.129. The molecule has 0 atom stereocenters. The quantitative estimate of drug-likeness (QED) is 0.131. The minimum absolute atomic E-state index is 0.129. The van der Waals surface area contributed by atoms with Crippen LogP contribution in [0.15, 0.2) is 168 Å². The van der Waals surface area contributed by atoms with Crippen LogP contribution in [0.2, 0.25) is 0 Å². The van der Waals surface area contributed by atoms with E-state index in [0.29, 0.717) is 0 Å². The summed E-state index contributed by atoms with van der Waals surface area (Å²) in [7, 11) is 0. The molecule has 0 aliphatic heterocycles. The van der Waals surface area contributed by atoms with Crippen LogP contribution in [0.5, 0.6) is 0 Å². The van der Waals surface area contributed by atoms with Crippen LogP contribution >= 0.6 is 0 Å². The Morgan fingerprint density at radius 1 is 0.511 bits per heavy atom. The zero-order valence-corrected chi connectivity index (χ0v) is 26.3. The fourth-order valence-electron chi connectivity index (χ4n) is 6.94. The highest BCUT2D eigenvalue weighted by Gasteiger charge is 2.19. The lowest BCUT2D eigenvalue weighted by molar-refractivity contribution is 0.603. The van der Waals surface area contributed by atoms with Gasteiger partial charge in [-0.05, 0) is 86.1 Å². The molecular weight excluding hydrogens is 569 g/mol. The van der Waals surface area contributed by atoms with Gasteiger partial charge in [0.1, 0.15) is 11.3 Å². The van der Waals surface area contributed by atoms with Crippen molar-refractivity contribution >= 4 is 50.7 Å². The van der Waals surface area contributed by atoms with Gasteiger partial charge in [-0.1, -0.05) is 158 Å². The molecule has 8 rings (SSSR count). The van der Waals surface area contributed by atoms with Crippen LogP contribution in [0.4, 0.5) is 0 Å². The zero-order valence-electron chi connectivity index (χ0n) is 26.3. The smallest absolute Gasteiger partial charge is 0.136 e. The Labute approximate surface area is 275 Å². The molecule has 0 saturated heterocycles. The number of fused-ring (bicyclic) bond motifs is 4. The number of hydrogen-bond donors (Lipinski definition) is 0. The molecule has 1 heterocycles. The molecule has 0 radical (unpaired) electrons. The molecule has 7 aromatic carbocycles. The van der Waals surface area contributed by atoms with Crippen molar-refractivity contribution in [3.63, 3.8) is 0 Å². The Morgan fingerprint density at radius 3 is 1.98 bits per heavy atom. The summed E-state index contributed by atoms with van der Waals surface area (Å²) in [5.74, 6) is 0.990. The molecular formula is C46H34O. The van der Waals surface area contributed by atoms with Crippen LogP contribution in [-0.2, 0) is 0 Å². The van der Waals surface area contributed by atoms with Gasteiger partial charge >= 0.3 is 0 Å². The first-order valence-corrected chi connectivity index (χ1v) is 16.2. The molecule has 47 heavy (non-hydrogen) atoms. The predicted molar refractivity (Wildman–Crippen MR) is 201 cm³/mol. The van der Waals surface area contributed by atoms with E-state index in [-0.39, 0.29) is 5.92 Å². The van der Waals surface area contributed by atoms with E-state index in [4.69, 9.17) is 4.42 Å². The van der Waals surface area contributed by atoms with Gasteiger partial charge in [-0.25, -0.2) is 0 Å². The highest BCUT2D eigenvalue weighted by molar-refractivity contribution is 6.08. The van der Waals surface area contributed by atoms with Crippen molar-refractivity contribution in [2.45, 2.75) is 12.8 Å². The summed E-state index contributed by atoms with van der Waals surface area (Å²) in [6.45, 7) is 2.03. The van der Waals surface area contributed by atoms with Crippen LogP contribution in [0, 0.1) is 0 Å². The summed E-state index contributed by atoms with van der Waals surface area (Å²) in [5.41, 5.74) is 9.27. The van der Waals surface area contributed by atoms with Gasteiger partial charge in [0, 0.05) is 16.9 Å². The predicted octanol–water partition coefficient (Wildman–Crippen LogP) is 12.8. The second-order valence-electron chi connectivity index (χ2n) is 12.0. The third-order valence-corrected chi connectivity index (χ3v) is 9.11. The van der Waals surface area contributed by atoms with Crippen LogP contribution in [0.3, 0.4) is 0 Å². The van der Waals surface area contributed by atoms with Crippen molar-refractivity contribution in [2.24, 2.45) is 0 Å². The maximum atomic E-state index is 6.49. The number of rotatable bonds is 7. The van der Waals surface area contributed by atoms with Gasteiger partial charge in [0.2, 0.25) is 0 Å². The Kier molecular flexibility index (Phi) is 7.57. The summed E-state index contributed by atoms with van der Waals surface area (Å²) < 4.78 is 6.49. The van der Waals surface area contributed by atoms with Crippen molar-refractivity contribution in [3.05, 3.63) is 197 Å². The summed E-state index contributed by atoms with van der Waals surface area (Å²) in [6.07, 6.45) is 8.53. The highest BCUT2D eigenvalue weighted by Crippen LogP contribution is 2.39. The maximum Gasteiger partial charge on any atom is 0.136 e. The fraction of sp³-hybridized carbons (Fsp3) is 0.0435. The average molecular weight is 603 g/mol. The zero-order chi connectivity index (χ0) is 31.6. The Morgan fingerprint density at radius 2 is 1.19 bits per heavy atom. The van der Waals surface area contributed by atoms with E-state index >= 15 is 0 Å². The van der Waals surface area contributed by atoms with Gasteiger partial charge in [-0.2, -0.15) is 0 Å². The molecule has 1 heteroatoms. The van der Waals surface area contributed by atoms with E-state index in [1.54, 1.807) is 0 Å². The summed E-state index contributed by atoms with van der Waals surface area (Å²) >= 11 is 0. The third-order valence-electron chi connectivity index (χ3n) is 9.11. The second kappa shape index (κ2) is 12.5. The lowest BCUT2D eigenvalue weighted by atomic mass is 9.84. The van der Waals surface area contributed by atoms with Crippen LogP contribution in [0.25, 0.3) is 61.9 Å². The molecule has 0 saturated carbocycles. The van der Waals surface area contributed by atoms with Crippen molar-refractivity contribution in [1.29, 1.82) is 0 Å². The molecule has 0 aliphatic carbocycles. The van der Waals surface area contributed by atoms with Crippen LogP contribution in [0.1, 0.15) is 46.4 Å². The molecule has 0 spiro atoms. The summed E-state index contributed by atoms with van der Waals surface area (Å²) in [5, 5.41) is 6.18. The maximum absolute atomic E-state index is 6.49. The van der Waals surface area contributed by atoms with E-state index in [9.17, 15) is 0 Å². The lowest BCUT2D eigenvalue weighted by Gasteiger charge is -2.20. The van der Waals surface area contributed by atoms with E-state index in [2.05, 4.69) is 176 Å². The third kappa shape index (κ3) is 5.47. The molecule has 0 fully saturated rings. The summed E-state index contributed by atoms with van der Waals surface area (Å²) in [4.78, 5) is 0. The number of benzene rings is 7. The Hall–Kier alpha value is -5.92.